The van der Waals surface area contributed by atoms with Crippen molar-refractivity contribution in [1.29, 1.82) is 0 Å². The van der Waals surface area contributed by atoms with Crippen LogP contribution in [0.5, 0.6) is 0 Å². The Morgan fingerprint density at radius 2 is 1.50 bits per heavy atom. The third-order valence-corrected chi connectivity index (χ3v) is 4.21. The van der Waals surface area contributed by atoms with Gasteiger partial charge in [-0.1, -0.05) is 0 Å². The minimum Gasteiger partial charge on any atom is -0.463 e. The van der Waals surface area contributed by atoms with Gasteiger partial charge in [0.1, 0.15) is 18.8 Å². The van der Waals surface area contributed by atoms with Crippen molar-refractivity contribution in [3.8, 4) is 0 Å². The molecule has 1 N–H and O–H groups in total. The van der Waals surface area contributed by atoms with E-state index in [2.05, 4.69) is 10.3 Å². The zero-order valence-corrected chi connectivity index (χ0v) is 17.9. The molecule has 0 saturated carbocycles. The first-order valence-electron chi connectivity index (χ1n) is 9.59. The Hall–Kier alpha value is -3.54. The number of ether oxygens (including phenoxy) is 5. The number of pyridine rings is 1. The SMILES string of the molecule is CC(=O)N[C@@H]1[C@H](OC(=O)c2ccncc2)O[C@H](COC(C)=O)[C@@H](OC(C)=O)[C@H]1OC(C)=O. The van der Waals surface area contributed by atoms with Crippen molar-refractivity contribution in [2.75, 3.05) is 6.61 Å². The van der Waals surface area contributed by atoms with E-state index in [1.807, 2.05) is 0 Å². The van der Waals surface area contributed by atoms with Crippen molar-refractivity contribution in [1.82, 2.24) is 10.3 Å². The molecule has 5 atom stereocenters. The molecule has 0 radical (unpaired) electrons. The van der Waals surface area contributed by atoms with E-state index in [1.165, 1.54) is 31.5 Å². The third-order valence-electron chi connectivity index (χ3n) is 4.21. The summed E-state index contributed by atoms with van der Waals surface area (Å²) < 4.78 is 26.7. The molecular weight excluding hydrogens is 428 g/mol. The van der Waals surface area contributed by atoms with Gasteiger partial charge in [-0.2, -0.15) is 0 Å². The molecule has 1 saturated heterocycles. The lowest BCUT2D eigenvalue weighted by Gasteiger charge is -2.44. The van der Waals surface area contributed by atoms with E-state index in [9.17, 15) is 24.0 Å². The van der Waals surface area contributed by atoms with Gasteiger partial charge in [-0.25, -0.2) is 4.79 Å². The number of amides is 1. The Bertz CT molecular complexity index is 859. The smallest absolute Gasteiger partial charge is 0.340 e. The highest BCUT2D eigenvalue weighted by Crippen LogP contribution is 2.28. The first kappa shape index (κ1) is 24.7. The van der Waals surface area contributed by atoms with Crippen LogP contribution in [0.15, 0.2) is 24.5 Å². The largest absolute Gasteiger partial charge is 0.463 e. The van der Waals surface area contributed by atoms with Crippen LogP contribution in [0.3, 0.4) is 0 Å². The summed E-state index contributed by atoms with van der Waals surface area (Å²) in [6.07, 6.45) is -2.48. The fourth-order valence-corrected chi connectivity index (χ4v) is 3.05. The summed E-state index contributed by atoms with van der Waals surface area (Å²) in [7, 11) is 0. The summed E-state index contributed by atoms with van der Waals surface area (Å²) >= 11 is 0. The van der Waals surface area contributed by atoms with E-state index in [0.29, 0.717) is 0 Å². The normalized spacial score (nSPS) is 24.6. The summed E-state index contributed by atoms with van der Waals surface area (Å²) in [6, 6.07) is 1.57. The predicted molar refractivity (Wildman–Crippen MR) is 104 cm³/mol. The molecule has 174 valence electrons. The molecule has 1 amide bonds. The summed E-state index contributed by atoms with van der Waals surface area (Å²) in [4.78, 5) is 63.0. The Morgan fingerprint density at radius 3 is 2.03 bits per heavy atom. The van der Waals surface area contributed by atoms with Crippen LogP contribution in [-0.2, 0) is 42.9 Å². The molecular formula is C20H24N2O10. The van der Waals surface area contributed by atoms with Crippen molar-refractivity contribution in [2.24, 2.45) is 0 Å². The van der Waals surface area contributed by atoms with Crippen LogP contribution >= 0.6 is 0 Å². The summed E-state index contributed by atoms with van der Waals surface area (Å²) in [5.74, 6) is -3.51. The van der Waals surface area contributed by atoms with Crippen molar-refractivity contribution >= 4 is 29.8 Å². The first-order valence-corrected chi connectivity index (χ1v) is 9.59. The standard InChI is InChI=1S/C20H24N2O10/c1-10(23)22-16-18(30-13(4)26)17(29-12(3)25)15(9-28-11(2)24)31-20(16)32-19(27)14-5-7-21-8-6-14/h5-8,15-18,20H,9H2,1-4H3,(H,22,23)/t15-,16+,17-,18+,20+/m1/s1. The molecule has 1 aliphatic rings. The highest BCUT2D eigenvalue weighted by molar-refractivity contribution is 5.89. The average molecular weight is 452 g/mol. The van der Waals surface area contributed by atoms with Gasteiger partial charge in [-0.05, 0) is 12.1 Å². The number of nitrogens with zero attached hydrogens (tertiary/aromatic N) is 1. The van der Waals surface area contributed by atoms with E-state index in [4.69, 9.17) is 23.7 Å². The summed E-state index contributed by atoms with van der Waals surface area (Å²) in [6.45, 7) is 4.19. The highest BCUT2D eigenvalue weighted by Gasteiger charge is 2.52. The van der Waals surface area contributed by atoms with Crippen LogP contribution in [0, 0.1) is 0 Å². The fraction of sp³-hybridized carbons (Fsp3) is 0.500. The molecule has 0 aliphatic carbocycles. The number of rotatable bonds is 7. The van der Waals surface area contributed by atoms with Crippen molar-refractivity contribution in [3.05, 3.63) is 30.1 Å². The van der Waals surface area contributed by atoms with Crippen LogP contribution < -0.4 is 5.32 Å². The lowest BCUT2D eigenvalue weighted by molar-refractivity contribution is -0.263. The molecule has 32 heavy (non-hydrogen) atoms. The Balaban J connectivity index is 2.42. The van der Waals surface area contributed by atoms with Crippen LogP contribution in [0.2, 0.25) is 0 Å². The molecule has 0 spiro atoms. The van der Waals surface area contributed by atoms with Gasteiger partial charge in [-0.3, -0.25) is 24.2 Å². The van der Waals surface area contributed by atoms with E-state index in [1.54, 1.807) is 0 Å². The number of carbonyl (C=O) groups is 5. The number of aromatic nitrogens is 1. The molecule has 0 unspecified atom stereocenters. The highest BCUT2D eigenvalue weighted by atomic mass is 16.7. The lowest BCUT2D eigenvalue weighted by Crippen LogP contribution is -2.66. The van der Waals surface area contributed by atoms with E-state index < -0.39 is 67.0 Å². The quantitative estimate of drug-likeness (QED) is 0.435. The van der Waals surface area contributed by atoms with Gasteiger partial charge in [-0.15, -0.1) is 0 Å². The summed E-state index contributed by atoms with van der Waals surface area (Å²) in [5, 5.41) is 2.50. The Kier molecular flexibility index (Phi) is 8.64. The molecule has 1 aromatic heterocycles. The molecule has 1 fully saturated rings. The molecule has 1 aromatic rings. The van der Waals surface area contributed by atoms with E-state index in [0.717, 1.165) is 20.8 Å². The number of esters is 4. The maximum Gasteiger partial charge on any atom is 0.340 e. The minimum atomic E-state index is -1.48. The zero-order chi connectivity index (χ0) is 23.8. The second-order valence-corrected chi connectivity index (χ2v) is 6.86. The summed E-state index contributed by atoms with van der Waals surface area (Å²) in [5.41, 5.74) is 0.146. The molecule has 2 rings (SSSR count). The minimum absolute atomic E-state index is 0.146. The molecule has 12 nitrogen and oxygen atoms in total. The molecule has 12 heteroatoms. The van der Waals surface area contributed by atoms with Crippen molar-refractivity contribution in [3.63, 3.8) is 0 Å². The van der Waals surface area contributed by atoms with E-state index >= 15 is 0 Å². The first-order chi connectivity index (χ1) is 15.1. The number of carbonyl (C=O) groups excluding carboxylic acids is 5. The van der Waals surface area contributed by atoms with Gasteiger partial charge in [0.05, 0.1) is 5.56 Å². The van der Waals surface area contributed by atoms with Crippen molar-refractivity contribution < 1.29 is 47.7 Å². The number of hydrogen-bond acceptors (Lipinski definition) is 11. The van der Waals surface area contributed by atoms with Crippen LogP contribution in [0.1, 0.15) is 38.1 Å². The van der Waals surface area contributed by atoms with Crippen molar-refractivity contribution in [2.45, 2.75) is 58.3 Å². The monoisotopic (exact) mass is 452 g/mol. The van der Waals surface area contributed by atoms with Gasteiger partial charge in [0, 0.05) is 40.1 Å². The van der Waals surface area contributed by atoms with Gasteiger partial charge in [0.25, 0.3) is 0 Å². The van der Waals surface area contributed by atoms with Gasteiger partial charge in [0.15, 0.2) is 12.2 Å². The molecule has 2 heterocycles. The Morgan fingerprint density at radius 1 is 0.906 bits per heavy atom. The average Bonchev–Trinajstić information content (AvgIpc) is 2.70. The second-order valence-electron chi connectivity index (χ2n) is 6.86. The third kappa shape index (κ3) is 7.01. The van der Waals surface area contributed by atoms with Gasteiger partial charge in [0.2, 0.25) is 12.2 Å². The predicted octanol–water partition coefficient (Wildman–Crippen LogP) is -0.105. The van der Waals surface area contributed by atoms with Gasteiger partial charge >= 0.3 is 23.9 Å². The molecule has 1 aliphatic heterocycles. The maximum atomic E-state index is 12.6. The van der Waals surface area contributed by atoms with E-state index in [-0.39, 0.29) is 5.56 Å². The number of nitrogens with one attached hydrogen (secondary N) is 1. The molecule has 0 aromatic carbocycles. The Labute approximate surface area is 183 Å². The zero-order valence-electron chi connectivity index (χ0n) is 17.9. The fourth-order valence-electron chi connectivity index (χ4n) is 3.05. The van der Waals surface area contributed by atoms with Crippen LogP contribution in [0.25, 0.3) is 0 Å². The second kappa shape index (κ2) is 11.2. The topological polar surface area (TPSA) is 156 Å². The molecule has 0 bridgehead atoms. The lowest BCUT2D eigenvalue weighted by atomic mass is 9.96. The van der Waals surface area contributed by atoms with Crippen LogP contribution in [-0.4, -0.2) is 72.0 Å². The van der Waals surface area contributed by atoms with Crippen LogP contribution in [0.4, 0.5) is 0 Å². The number of hydrogen-bond donors (Lipinski definition) is 1. The maximum absolute atomic E-state index is 12.6. The van der Waals surface area contributed by atoms with Gasteiger partial charge < -0.3 is 29.0 Å².